The minimum Gasteiger partial charge on any atom is -0.382 e. The Balaban J connectivity index is 1.79. The summed E-state index contributed by atoms with van der Waals surface area (Å²) in [6.07, 6.45) is 8.76. The summed E-state index contributed by atoms with van der Waals surface area (Å²) in [6, 6.07) is 0.568. The van der Waals surface area contributed by atoms with E-state index in [1.807, 2.05) is 0 Å². The molecule has 4 heteroatoms. The van der Waals surface area contributed by atoms with E-state index in [1.54, 1.807) is 7.11 Å². The first-order valence-electron chi connectivity index (χ1n) is 8.74. The van der Waals surface area contributed by atoms with Crippen molar-refractivity contribution in [3.8, 4) is 0 Å². The average molecular weight is 299 g/mol. The Morgan fingerprint density at radius 3 is 2.76 bits per heavy atom. The van der Waals surface area contributed by atoms with Crippen molar-refractivity contribution in [1.82, 2.24) is 5.32 Å². The largest absolute Gasteiger partial charge is 0.382 e. The van der Waals surface area contributed by atoms with Crippen molar-refractivity contribution in [3.63, 3.8) is 0 Å². The Kier molecular flexibility index (Phi) is 7.44. The Bertz CT molecular complexity index is 279. The number of ether oxygens (including phenoxy) is 3. The fraction of sp³-hybridized carbons (Fsp3) is 1.00. The monoisotopic (exact) mass is 299 g/mol. The quantitative estimate of drug-likeness (QED) is 0.665. The number of hydrogen-bond donors (Lipinski definition) is 1. The molecule has 2 unspecified atom stereocenters. The van der Waals surface area contributed by atoms with Crippen molar-refractivity contribution in [2.45, 2.75) is 63.5 Å². The molecule has 21 heavy (non-hydrogen) atoms. The summed E-state index contributed by atoms with van der Waals surface area (Å²) < 4.78 is 16.8. The van der Waals surface area contributed by atoms with Gasteiger partial charge in [-0.3, -0.25) is 0 Å². The van der Waals surface area contributed by atoms with Gasteiger partial charge in [0.15, 0.2) is 0 Å². The summed E-state index contributed by atoms with van der Waals surface area (Å²) in [7, 11) is 1.72. The molecule has 2 fully saturated rings. The summed E-state index contributed by atoms with van der Waals surface area (Å²) >= 11 is 0. The zero-order chi connectivity index (χ0) is 15.0. The van der Waals surface area contributed by atoms with Crippen LogP contribution >= 0.6 is 0 Å². The highest BCUT2D eigenvalue weighted by Gasteiger charge is 2.41. The van der Waals surface area contributed by atoms with Crippen LogP contribution in [0.4, 0.5) is 0 Å². The lowest BCUT2D eigenvalue weighted by molar-refractivity contribution is -0.0991. The summed E-state index contributed by atoms with van der Waals surface area (Å²) in [5.41, 5.74) is 0.216. The molecular weight excluding hydrogens is 266 g/mol. The molecule has 1 saturated heterocycles. The third-order valence-electron chi connectivity index (χ3n) is 5.09. The van der Waals surface area contributed by atoms with E-state index in [-0.39, 0.29) is 5.60 Å². The van der Waals surface area contributed by atoms with Gasteiger partial charge in [0.1, 0.15) is 0 Å². The number of rotatable bonds is 9. The average Bonchev–Trinajstić information content (AvgIpc) is 2.94. The lowest BCUT2D eigenvalue weighted by Gasteiger charge is -2.41. The van der Waals surface area contributed by atoms with E-state index >= 15 is 0 Å². The molecule has 2 rings (SSSR count). The van der Waals surface area contributed by atoms with E-state index < -0.39 is 0 Å². The first-order valence-corrected chi connectivity index (χ1v) is 8.74. The minimum absolute atomic E-state index is 0.216. The van der Waals surface area contributed by atoms with E-state index in [4.69, 9.17) is 14.2 Å². The highest BCUT2D eigenvalue weighted by Crippen LogP contribution is 2.43. The molecule has 0 amide bonds. The Hall–Kier alpha value is -0.160. The maximum Gasteiger partial charge on any atom is 0.0700 e. The van der Waals surface area contributed by atoms with Crippen LogP contribution in [0.15, 0.2) is 0 Å². The molecule has 2 atom stereocenters. The number of methoxy groups -OCH3 is 1. The molecule has 0 bridgehead atoms. The molecule has 1 spiro atoms. The van der Waals surface area contributed by atoms with Gasteiger partial charge in [-0.25, -0.2) is 0 Å². The van der Waals surface area contributed by atoms with Crippen molar-refractivity contribution < 1.29 is 14.2 Å². The molecule has 0 aromatic rings. The summed E-state index contributed by atoms with van der Waals surface area (Å²) in [5.74, 6) is 0.739. The van der Waals surface area contributed by atoms with Crippen molar-refractivity contribution in [2.75, 3.05) is 40.1 Å². The van der Waals surface area contributed by atoms with Gasteiger partial charge in [-0.15, -0.1) is 0 Å². The zero-order valence-electron chi connectivity index (χ0n) is 13.9. The highest BCUT2D eigenvalue weighted by molar-refractivity contribution is 4.94. The van der Waals surface area contributed by atoms with Crippen molar-refractivity contribution in [1.29, 1.82) is 0 Å². The van der Waals surface area contributed by atoms with E-state index in [9.17, 15) is 0 Å². The van der Waals surface area contributed by atoms with E-state index in [0.29, 0.717) is 19.3 Å². The predicted octanol–water partition coefficient (Wildman–Crippen LogP) is 2.76. The van der Waals surface area contributed by atoms with Gasteiger partial charge in [-0.2, -0.15) is 0 Å². The molecule has 1 aliphatic carbocycles. The molecule has 1 aliphatic heterocycles. The van der Waals surface area contributed by atoms with Crippen molar-refractivity contribution in [3.05, 3.63) is 0 Å². The normalized spacial score (nSPS) is 26.3. The summed E-state index contributed by atoms with van der Waals surface area (Å²) in [4.78, 5) is 0. The molecule has 1 heterocycles. The van der Waals surface area contributed by atoms with Crippen LogP contribution in [0.3, 0.4) is 0 Å². The van der Waals surface area contributed by atoms with Crippen molar-refractivity contribution >= 4 is 0 Å². The number of hydrogen-bond acceptors (Lipinski definition) is 4. The molecule has 0 aromatic carbocycles. The van der Waals surface area contributed by atoms with Gasteiger partial charge in [0.05, 0.1) is 18.8 Å². The standard InChI is InChI=1S/C17H33NO3/c1-3-18-16(7-10-20-13-12-19-2)15-6-11-21-17(14-15)8-4-5-9-17/h15-16,18H,3-14H2,1-2H3. The molecule has 2 aliphatic rings. The third-order valence-corrected chi connectivity index (χ3v) is 5.09. The fourth-order valence-electron chi connectivity index (χ4n) is 4.00. The summed E-state index contributed by atoms with van der Waals surface area (Å²) in [5, 5.41) is 3.68. The Labute approximate surface area is 129 Å². The van der Waals surface area contributed by atoms with Crippen LogP contribution in [0.2, 0.25) is 0 Å². The highest BCUT2D eigenvalue weighted by atomic mass is 16.5. The van der Waals surface area contributed by atoms with Crippen LogP contribution in [-0.2, 0) is 14.2 Å². The molecule has 1 saturated carbocycles. The lowest BCUT2D eigenvalue weighted by atomic mass is 9.79. The second-order valence-electron chi connectivity index (χ2n) is 6.55. The first-order chi connectivity index (χ1) is 10.3. The first kappa shape index (κ1) is 17.2. The molecule has 0 radical (unpaired) electrons. The molecule has 4 nitrogen and oxygen atoms in total. The van der Waals surface area contributed by atoms with Crippen molar-refractivity contribution in [2.24, 2.45) is 5.92 Å². The van der Waals surface area contributed by atoms with Gasteiger partial charge in [0.25, 0.3) is 0 Å². The van der Waals surface area contributed by atoms with Gasteiger partial charge in [-0.05, 0) is 44.6 Å². The smallest absolute Gasteiger partial charge is 0.0700 e. The Morgan fingerprint density at radius 2 is 2.05 bits per heavy atom. The van der Waals surface area contributed by atoms with E-state index in [2.05, 4.69) is 12.2 Å². The molecule has 0 aromatic heterocycles. The van der Waals surface area contributed by atoms with Crippen LogP contribution in [0.25, 0.3) is 0 Å². The van der Waals surface area contributed by atoms with Gasteiger partial charge < -0.3 is 19.5 Å². The molecule has 1 N–H and O–H groups in total. The van der Waals surface area contributed by atoms with Gasteiger partial charge >= 0.3 is 0 Å². The predicted molar refractivity (Wildman–Crippen MR) is 84.7 cm³/mol. The topological polar surface area (TPSA) is 39.7 Å². The van der Waals surface area contributed by atoms with Gasteiger partial charge in [-0.1, -0.05) is 19.8 Å². The minimum atomic E-state index is 0.216. The zero-order valence-corrected chi connectivity index (χ0v) is 13.9. The second-order valence-corrected chi connectivity index (χ2v) is 6.55. The molecular formula is C17H33NO3. The number of nitrogens with one attached hydrogen (secondary N) is 1. The fourth-order valence-corrected chi connectivity index (χ4v) is 4.00. The Morgan fingerprint density at radius 1 is 1.24 bits per heavy atom. The lowest BCUT2D eigenvalue weighted by Crippen LogP contribution is -2.46. The maximum absolute atomic E-state index is 6.17. The van der Waals surface area contributed by atoms with Gasteiger partial charge in [0.2, 0.25) is 0 Å². The summed E-state index contributed by atoms with van der Waals surface area (Å²) in [6.45, 7) is 6.39. The van der Waals surface area contributed by atoms with Gasteiger partial charge in [0, 0.05) is 26.4 Å². The van der Waals surface area contributed by atoms with Crippen LogP contribution in [0.5, 0.6) is 0 Å². The van der Waals surface area contributed by atoms with E-state index in [1.165, 1.54) is 38.5 Å². The van der Waals surface area contributed by atoms with Crippen LogP contribution < -0.4 is 5.32 Å². The second kappa shape index (κ2) is 9.09. The van der Waals surface area contributed by atoms with Crippen LogP contribution in [0.1, 0.15) is 51.9 Å². The third kappa shape index (κ3) is 5.20. The SMILES string of the molecule is CCNC(CCOCCOC)C1CCOC2(CCCC2)C1. The van der Waals surface area contributed by atoms with Crippen LogP contribution in [-0.4, -0.2) is 51.7 Å². The van der Waals surface area contributed by atoms with Crippen LogP contribution in [0, 0.1) is 5.92 Å². The van der Waals surface area contributed by atoms with E-state index in [0.717, 1.165) is 32.1 Å². The molecule has 124 valence electrons. The maximum atomic E-state index is 6.17.